The van der Waals surface area contributed by atoms with Crippen LogP contribution in [0.2, 0.25) is 0 Å². The van der Waals surface area contributed by atoms with Crippen LogP contribution in [0.3, 0.4) is 0 Å². The van der Waals surface area contributed by atoms with Crippen molar-refractivity contribution in [1.82, 2.24) is 14.9 Å². The van der Waals surface area contributed by atoms with Crippen LogP contribution in [0.15, 0.2) is 42.5 Å². The Morgan fingerprint density at radius 1 is 1.03 bits per heavy atom. The Balaban J connectivity index is 1.29. The summed E-state index contributed by atoms with van der Waals surface area (Å²) in [6.45, 7) is 5.60. The van der Waals surface area contributed by atoms with Crippen LogP contribution in [0.4, 0.5) is 23.4 Å². The molecule has 35 heavy (non-hydrogen) atoms. The lowest BCUT2D eigenvalue weighted by atomic mass is 10.1. The van der Waals surface area contributed by atoms with E-state index in [1.165, 1.54) is 6.07 Å². The number of benzene rings is 2. The fourth-order valence-corrected chi connectivity index (χ4v) is 5.10. The summed E-state index contributed by atoms with van der Waals surface area (Å²) in [5.74, 6) is -2.03. The van der Waals surface area contributed by atoms with Crippen LogP contribution in [-0.4, -0.2) is 64.8 Å². The third-order valence-electron chi connectivity index (χ3n) is 7.07. The van der Waals surface area contributed by atoms with E-state index in [9.17, 15) is 22.8 Å². The van der Waals surface area contributed by atoms with Gasteiger partial charge in [0.2, 0.25) is 5.82 Å². The molecule has 3 heterocycles. The molecular formula is C25H27F4N5O. The second-order valence-electron chi connectivity index (χ2n) is 9.58. The van der Waals surface area contributed by atoms with Crippen molar-refractivity contribution in [2.24, 2.45) is 0 Å². The molecule has 1 aromatic heterocycles. The number of anilines is 1. The fourth-order valence-electron chi connectivity index (χ4n) is 5.10. The summed E-state index contributed by atoms with van der Waals surface area (Å²) in [5.41, 5.74) is 1.86. The van der Waals surface area contributed by atoms with Crippen molar-refractivity contribution in [3.8, 4) is 0 Å². The molecule has 1 atom stereocenters. The third kappa shape index (κ3) is 4.96. The third-order valence-corrected chi connectivity index (χ3v) is 7.07. The van der Waals surface area contributed by atoms with Crippen LogP contribution >= 0.6 is 0 Å². The van der Waals surface area contributed by atoms with Crippen molar-refractivity contribution in [1.29, 1.82) is 0 Å². The number of alkyl halides is 3. The summed E-state index contributed by atoms with van der Waals surface area (Å²) < 4.78 is 54.3. The van der Waals surface area contributed by atoms with E-state index in [0.29, 0.717) is 45.8 Å². The molecule has 2 aromatic carbocycles. The zero-order chi connectivity index (χ0) is 24.8. The molecular weight excluding hydrogens is 462 g/mol. The molecule has 0 aliphatic carbocycles. The highest BCUT2D eigenvalue weighted by Gasteiger charge is 2.38. The van der Waals surface area contributed by atoms with Gasteiger partial charge in [0.15, 0.2) is 0 Å². The maximum Gasteiger partial charge on any atom is 0.451 e. The van der Waals surface area contributed by atoms with Crippen molar-refractivity contribution in [2.45, 2.75) is 32.1 Å². The highest BCUT2D eigenvalue weighted by atomic mass is 19.4. The second-order valence-corrected chi connectivity index (χ2v) is 9.58. The number of para-hydroxylation sites is 1. The number of rotatable bonds is 4. The summed E-state index contributed by atoms with van der Waals surface area (Å²) in [6, 6.07) is 12.2. The van der Waals surface area contributed by atoms with Gasteiger partial charge in [-0.05, 0) is 25.5 Å². The molecule has 0 saturated carbocycles. The first-order valence-electron chi connectivity index (χ1n) is 11.8. The SMILES string of the molecule is Cc1ccc(C[N+]2([O-])CCN([C@@H]3CCN(c4nc(C(F)(F)F)nc5c(F)cccc45)C3)CC2)cc1. The molecule has 0 N–H and O–H groups in total. The zero-order valence-corrected chi connectivity index (χ0v) is 19.4. The molecule has 10 heteroatoms. The maximum atomic E-state index is 14.3. The van der Waals surface area contributed by atoms with Gasteiger partial charge in [-0.3, -0.25) is 4.90 Å². The topological polar surface area (TPSA) is 55.3 Å². The number of hydrogen-bond acceptors (Lipinski definition) is 5. The molecule has 6 nitrogen and oxygen atoms in total. The van der Waals surface area contributed by atoms with Gasteiger partial charge < -0.3 is 14.8 Å². The first kappa shape index (κ1) is 23.9. The number of nitrogens with zero attached hydrogens (tertiary/aromatic N) is 5. The Labute approximate surface area is 201 Å². The van der Waals surface area contributed by atoms with Crippen LogP contribution in [0.25, 0.3) is 10.9 Å². The van der Waals surface area contributed by atoms with E-state index in [-0.39, 0.29) is 27.4 Å². The fraction of sp³-hybridized carbons (Fsp3) is 0.440. The van der Waals surface area contributed by atoms with E-state index in [2.05, 4.69) is 14.9 Å². The minimum Gasteiger partial charge on any atom is -0.632 e. The Kier molecular flexibility index (Phi) is 6.14. The lowest BCUT2D eigenvalue weighted by Crippen LogP contribution is -2.58. The first-order chi connectivity index (χ1) is 16.6. The van der Waals surface area contributed by atoms with Crippen LogP contribution in [0.5, 0.6) is 0 Å². The van der Waals surface area contributed by atoms with E-state index in [1.807, 2.05) is 31.2 Å². The lowest BCUT2D eigenvalue weighted by Gasteiger charge is -2.49. The Morgan fingerprint density at radius 3 is 2.43 bits per heavy atom. The Morgan fingerprint density at radius 2 is 1.74 bits per heavy atom. The van der Waals surface area contributed by atoms with Crippen molar-refractivity contribution >= 4 is 16.7 Å². The molecule has 0 bridgehead atoms. The summed E-state index contributed by atoms with van der Waals surface area (Å²) in [5, 5.41) is 13.5. The summed E-state index contributed by atoms with van der Waals surface area (Å²) in [7, 11) is 0. The van der Waals surface area contributed by atoms with Gasteiger partial charge in [-0.15, -0.1) is 0 Å². The van der Waals surface area contributed by atoms with Gasteiger partial charge in [0, 0.05) is 43.2 Å². The lowest BCUT2D eigenvalue weighted by molar-refractivity contribution is -0.898. The highest BCUT2D eigenvalue weighted by Crippen LogP contribution is 2.34. The van der Waals surface area contributed by atoms with Gasteiger partial charge in [0.1, 0.15) is 23.7 Å². The molecule has 3 aromatic rings. The number of piperazine rings is 1. The number of halogens is 4. The highest BCUT2D eigenvalue weighted by molar-refractivity contribution is 5.90. The van der Waals surface area contributed by atoms with E-state index in [1.54, 1.807) is 11.0 Å². The largest absolute Gasteiger partial charge is 0.632 e. The molecule has 0 unspecified atom stereocenters. The van der Waals surface area contributed by atoms with E-state index >= 15 is 0 Å². The standard InChI is InChI=1S/C25H27F4N5O/c1-17-5-7-18(8-6-17)16-34(35)13-11-32(12-14-34)19-9-10-33(15-19)23-20-3-2-4-21(26)22(20)30-24(31-23)25(27,28)29/h2-8,19H,9-16H2,1H3/t19-/m1/s1. The van der Waals surface area contributed by atoms with Crippen molar-refractivity contribution in [3.63, 3.8) is 0 Å². The van der Waals surface area contributed by atoms with Gasteiger partial charge in [-0.25, -0.2) is 14.4 Å². The van der Waals surface area contributed by atoms with Crippen LogP contribution in [0.1, 0.15) is 23.4 Å². The number of quaternary nitrogens is 1. The van der Waals surface area contributed by atoms with E-state index < -0.39 is 17.8 Å². The number of hydroxylamine groups is 3. The van der Waals surface area contributed by atoms with E-state index in [4.69, 9.17) is 0 Å². The zero-order valence-electron chi connectivity index (χ0n) is 19.4. The minimum atomic E-state index is -4.77. The second kappa shape index (κ2) is 9.00. The molecule has 5 rings (SSSR count). The Hall–Kier alpha value is -2.82. The van der Waals surface area contributed by atoms with Crippen molar-refractivity contribution in [2.75, 3.05) is 44.2 Å². The smallest absolute Gasteiger partial charge is 0.451 e. The molecule has 0 spiro atoms. The maximum absolute atomic E-state index is 14.3. The predicted molar refractivity (Wildman–Crippen MR) is 125 cm³/mol. The molecule has 2 aliphatic heterocycles. The molecule has 0 radical (unpaired) electrons. The van der Waals surface area contributed by atoms with Gasteiger partial charge >= 0.3 is 6.18 Å². The average Bonchev–Trinajstić information content (AvgIpc) is 3.30. The van der Waals surface area contributed by atoms with Crippen molar-refractivity contribution in [3.05, 3.63) is 70.4 Å². The van der Waals surface area contributed by atoms with Crippen LogP contribution in [-0.2, 0) is 12.7 Å². The van der Waals surface area contributed by atoms with Gasteiger partial charge in [-0.1, -0.05) is 35.9 Å². The molecule has 0 amide bonds. The minimum absolute atomic E-state index is 0.0936. The number of hydrogen-bond donors (Lipinski definition) is 0. The van der Waals surface area contributed by atoms with Gasteiger partial charge in [-0.2, -0.15) is 13.2 Å². The molecule has 2 fully saturated rings. The van der Waals surface area contributed by atoms with Crippen LogP contribution < -0.4 is 4.90 Å². The van der Waals surface area contributed by atoms with Crippen LogP contribution in [0, 0.1) is 17.9 Å². The molecule has 186 valence electrons. The number of fused-ring (bicyclic) bond motifs is 1. The molecule has 2 saturated heterocycles. The number of aromatic nitrogens is 2. The van der Waals surface area contributed by atoms with E-state index in [0.717, 1.165) is 23.6 Å². The van der Waals surface area contributed by atoms with Gasteiger partial charge in [0.05, 0.1) is 13.1 Å². The summed E-state index contributed by atoms with van der Waals surface area (Å²) in [4.78, 5) is 11.3. The summed E-state index contributed by atoms with van der Waals surface area (Å²) >= 11 is 0. The quantitative estimate of drug-likeness (QED) is 0.307. The van der Waals surface area contributed by atoms with Gasteiger partial charge in [0.25, 0.3) is 0 Å². The number of aryl methyl sites for hydroxylation is 1. The normalized spacial score (nSPS) is 21.1. The Bertz CT molecular complexity index is 1210. The first-order valence-corrected chi connectivity index (χ1v) is 11.8. The monoisotopic (exact) mass is 489 g/mol. The van der Waals surface area contributed by atoms with Crippen molar-refractivity contribution < 1.29 is 22.2 Å². The summed E-state index contributed by atoms with van der Waals surface area (Å²) in [6.07, 6.45) is -4.04. The predicted octanol–water partition coefficient (Wildman–Crippen LogP) is 4.51. The average molecular weight is 490 g/mol. The molecule has 2 aliphatic rings.